The molecule has 23 heavy (non-hydrogen) atoms. The van der Waals surface area contributed by atoms with Crippen LogP contribution in [0.5, 0.6) is 0 Å². The van der Waals surface area contributed by atoms with Crippen molar-refractivity contribution in [2.24, 2.45) is 11.3 Å². The Bertz CT molecular complexity index is 600. The number of fused-ring (bicyclic) bond motifs is 1. The van der Waals surface area contributed by atoms with Crippen molar-refractivity contribution in [2.45, 2.75) is 47.0 Å². The molecule has 0 aliphatic heterocycles. The zero-order valence-electron chi connectivity index (χ0n) is 14.4. The van der Waals surface area contributed by atoms with Crippen LogP contribution in [-0.2, 0) is 22.3 Å². The Morgan fingerprint density at radius 2 is 2.04 bits per heavy atom. The number of rotatable bonds is 3. The quantitative estimate of drug-likeness (QED) is 0.836. The van der Waals surface area contributed by atoms with Crippen LogP contribution < -0.4 is 5.32 Å². The smallest absolute Gasteiger partial charge is 0.411 e. The van der Waals surface area contributed by atoms with Crippen molar-refractivity contribution in [3.05, 3.63) is 16.0 Å². The maximum Gasteiger partial charge on any atom is 0.411 e. The first-order chi connectivity index (χ1) is 10.8. The fourth-order valence-corrected chi connectivity index (χ4v) is 4.28. The minimum Gasteiger partial charge on any atom is -0.462 e. The second-order valence-corrected chi connectivity index (χ2v) is 7.96. The lowest BCUT2D eigenvalue weighted by atomic mass is 9.72. The average Bonchev–Trinajstić information content (AvgIpc) is 2.83. The molecule has 0 bridgehead atoms. The summed E-state index contributed by atoms with van der Waals surface area (Å²) in [4.78, 5) is 25.1. The molecule has 1 atom stereocenters. The number of carbonyl (C=O) groups is 2. The molecule has 128 valence electrons. The second kappa shape index (κ2) is 6.91. The van der Waals surface area contributed by atoms with Gasteiger partial charge in [-0.15, -0.1) is 11.3 Å². The minimum absolute atomic E-state index is 0.224. The Balaban J connectivity index is 2.38. The first kappa shape index (κ1) is 17.8. The molecule has 1 aromatic heterocycles. The van der Waals surface area contributed by atoms with E-state index in [-0.39, 0.29) is 11.4 Å². The van der Waals surface area contributed by atoms with Gasteiger partial charge in [0.2, 0.25) is 0 Å². The molecule has 1 heterocycles. The molecular formula is C17H25NO4S. The lowest BCUT2D eigenvalue weighted by Crippen LogP contribution is -2.26. The van der Waals surface area contributed by atoms with Gasteiger partial charge < -0.3 is 9.47 Å². The van der Waals surface area contributed by atoms with Gasteiger partial charge in [0, 0.05) is 4.88 Å². The number of methoxy groups -OCH3 is 1. The van der Waals surface area contributed by atoms with E-state index in [1.54, 1.807) is 6.92 Å². The SMILES string of the molecule is CCOC(=O)c1c(NC(=O)OC)sc2c1CCC(C(C)(C)C)C2. The zero-order valence-corrected chi connectivity index (χ0v) is 15.3. The molecule has 2 rings (SSSR count). The van der Waals surface area contributed by atoms with E-state index in [1.165, 1.54) is 23.3 Å². The third-order valence-electron chi connectivity index (χ3n) is 4.37. The Kier molecular flexibility index (Phi) is 5.34. The topological polar surface area (TPSA) is 64.6 Å². The fourth-order valence-electron chi connectivity index (χ4n) is 2.98. The molecule has 1 aliphatic carbocycles. The standard InChI is InChI=1S/C17H25NO4S/c1-6-22-15(19)13-11-8-7-10(17(2,3)4)9-12(11)23-14(13)18-16(20)21-5/h10H,6-9H2,1-5H3,(H,18,20). The molecular weight excluding hydrogens is 314 g/mol. The summed E-state index contributed by atoms with van der Waals surface area (Å²) in [5.74, 6) is 0.195. The molecule has 1 aliphatic rings. The summed E-state index contributed by atoms with van der Waals surface area (Å²) in [5.41, 5.74) is 1.76. The van der Waals surface area contributed by atoms with Crippen LogP contribution in [0.4, 0.5) is 9.80 Å². The predicted molar refractivity (Wildman–Crippen MR) is 91.3 cm³/mol. The van der Waals surface area contributed by atoms with Gasteiger partial charge in [0.05, 0.1) is 19.3 Å². The first-order valence-corrected chi connectivity index (χ1v) is 8.76. The zero-order chi connectivity index (χ0) is 17.2. The highest BCUT2D eigenvalue weighted by Crippen LogP contribution is 2.44. The molecule has 0 radical (unpaired) electrons. The molecule has 0 spiro atoms. The number of anilines is 1. The first-order valence-electron chi connectivity index (χ1n) is 7.94. The van der Waals surface area contributed by atoms with Crippen molar-refractivity contribution >= 4 is 28.4 Å². The molecule has 0 saturated heterocycles. The highest BCUT2D eigenvalue weighted by molar-refractivity contribution is 7.17. The molecule has 1 unspecified atom stereocenters. The van der Waals surface area contributed by atoms with E-state index in [0.29, 0.717) is 23.1 Å². The number of ether oxygens (including phenoxy) is 2. The van der Waals surface area contributed by atoms with Gasteiger partial charge in [-0.1, -0.05) is 20.8 Å². The van der Waals surface area contributed by atoms with Crippen LogP contribution in [0.15, 0.2) is 0 Å². The molecule has 0 fully saturated rings. The number of hydrogen-bond acceptors (Lipinski definition) is 5. The van der Waals surface area contributed by atoms with Gasteiger partial charge in [-0.05, 0) is 43.1 Å². The van der Waals surface area contributed by atoms with Crippen molar-refractivity contribution in [3.8, 4) is 0 Å². The number of nitrogens with one attached hydrogen (secondary N) is 1. The van der Waals surface area contributed by atoms with Crippen molar-refractivity contribution < 1.29 is 19.1 Å². The minimum atomic E-state index is -0.568. The maximum atomic E-state index is 12.3. The molecule has 1 N–H and O–H groups in total. The Labute approximate surface area is 141 Å². The molecule has 0 saturated carbocycles. The van der Waals surface area contributed by atoms with Crippen LogP contribution in [0.3, 0.4) is 0 Å². The van der Waals surface area contributed by atoms with E-state index in [1.807, 2.05) is 0 Å². The lowest BCUT2D eigenvalue weighted by Gasteiger charge is -2.33. The third kappa shape index (κ3) is 3.86. The summed E-state index contributed by atoms with van der Waals surface area (Å²) in [7, 11) is 1.31. The third-order valence-corrected chi connectivity index (χ3v) is 5.54. The second-order valence-electron chi connectivity index (χ2n) is 6.85. The maximum absolute atomic E-state index is 12.3. The number of esters is 1. The van der Waals surface area contributed by atoms with Crippen molar-refractivity contribution in [1.82, 2.24) is 0 Å². The van der Waals surface area contributed by atoms with Crippen LogP contribution in [0.2, 0.25) is 0 Å². The van der Waals surface area contributed by atoms with Gasteiger partial charge in [0.15, 0.2) is 0 Å². The van der Waals surface area contributed by atoms with Crippen molar-refractivity contribution in [1.29, 1.82) is 0 Å². The van der Waals surface area contributed by atoms with Gasteiger partial charge in [0.1, 0.15) is 5.00 Å². The lowest BCUT2D eigenvalue weighted by molar-refractivity contribution is 0.0526. The summed E-state index contributed by atoms with van der Waals surface area (Å²) in [6.45, 7) is 8.83. The monoisotopic (exact) mass is 339 g/mol. The highest BCUT2D eigenvalue weighted by Gasteiger charge is 2.34. The van der Waals surface area contributed by atoms with E-state index >= 15 is 0 Å². The van der Waals surface area contributed by atoms with Gasteiger partial charge in [-0.2, -0.15) is 0 Å². The van der Waals surface area contributed by atoms with Crippen LogP contribution >= 0.6 is 11.3 Å². The molecule has 1 aromatic rings. The summed E-state index contributed by atoms with van der Waals surface area (Å²) in [6.07, 6.45) is 2.24. The molecule has 6 heteroatoms. The van der Waals surface area contributed by atoms with E-state index < -0.39 is 6.09 Å². The number of hydrogen-bond donors (Lipinski definition) is 1. The number of carbonyl (C=O) groups excluding carboxylic acids is 2. The Morgan fingerprint density at radius 3 is 2.61 bits per heavy atom. The van der Waals surface area contributed by atoms with E-state index in [4.69, 9.17) is 4.74 Å². The van der Waals surface area contributed by atoms with E-state index in [9.17, 15) is 9.59 Å². The van der Waals surface area contributed by atoms with Crippen molar-refractivity contribution in [2.75, 3.05) is 19.0 Å². The van der Waals surface area contributed by atoms with Crippen LogP contribution in [0, 0.1) is 11.3 Å². The number of amides is 1. The van der Waals surface area contributed by atoms with Crippen LogP contribution in [-0.4, -0.2) is 25.8 Å². The Morgan fingerprint density at radius 1 is 1.35 bits per heavy atom. The van der Waals surface area contributed by atoms with E-state index in [2.05, 4.69) is 30.8 Å². The molecule has 0 aromatic carbocycles. The normalized spacial score (nSPS) is 17.3. The molecule has 1 amide bonds. The number of thiophene rings is 1. The van der Waals surface area contributed by atoms with Gasteiger partial charge >= 0.3 is 12.1 Å². The highest BCUT2D eigenvalue weighted by atomic mass is 32.1. The largest absolute Gasteiger partial charge is 0.462 e. The summed E-state index contributed by atoms with van der Waals surface area (Å²) in [5, 5.41) is 3.20. The Hall–Kier alpha value is -1.56. The van der Waals surface area contributed by atoms with Crippen molar-refractivity contribution in [3.63, 3.8) is 0 Å². The average molecular weight is 339 g/mol. The van der Waals surface area contributed by atoms with Crippen LogP contribution in [0.1, 0.15) is 54.9 Å². The fraction of sp³-hybridized carbons (Fsp3) is 0.647. The molecule has 5 nitrogen and oxygen atoms in total. The summed E-state index contributed by atoms with van der Waals surface area (Å²) < 4.78 is 9.84. The van der Waals surface area contributed by atoms with Crippen LogP contribution in [0.25, 0.3) is 0 Å². The summed E-state index contributed by atoms with van der Waals surface area (Å²) in [6, 6.07) is 0. The van der Waals surface area contributed by atoms with Gasteiger partial charge in [-0.3, -0.25) is 5.32 Å². The van der Waals surface area contributed by atoms with Gasteiger partial charge in [0.25, 0.3) is 0 Å². The predicted octanol–water partition coefficient (Wildman–Crippen LogP) is 4.25. The summed E-state index contributed by atoms with van der Waals surface area (Å²) >= 11 is 1.47. The van der Waals surface area contributed by atoms with E-state index in [0.717, 1.165) is 24.8 Å². The van der Waals surface area contributed by atoms with Gasteiger partial charge in [-0.25, -0.2) is 9.59 Å².